The van der Waals surface area contributed by atoms with Crippen LogP contribution in [0.3, 0.4) is 0 Å². The predicted octanol–water partition coefficient (Wildman–Crippen LogP) is 4.09. The average Bonchev–Trinajstić information content (AvgIpc) is 3.09. The Morgan fingerprint density at radius 3 is 2.70 bits per heavy atom. The van der Waals surface area contributed by atoms with Gasteiger partial charge in [0, 0.05) is 12.1 Å². The maximum absolute atomic E-state index is 12.8. The molecule has 0 fully saturated rings. The van der Waals surface area contributed by atoms with E-state index in [4.69, 9.17) is 16.3 Å². The fourth-order valence-electron chi connectivity index (χ4n) is 3.52. The van der Waals surface area contributed by atoms with Crippen molar-refractivity contribution in [3.63, 3.8) is 0 Å². The lowest BCUT2D eigenvalue weighted by Crippen LogP contribution is -2.28. The molecule has 2 aromatic carbocycles. The van der Waals surface area contributed by atoms with Crippen molar-refractivity contribution in [2.45, 2.75) is 44.0 Å². The van der Waals surface area contributed by atoms with E-state index < -0.39 is 10.0 Å². The molecule has 6 nitrogen and oxygen atoms in total. The van der Waals surface area contributed by atoms with E-state index in [0.29, 0.717) is 18.9 Å². The van der Waals surface area contributed by atoms with Gasteiger partial charge in [-0.3, -0.25) is 4.79 Å². The molecule has 0 aromatic heterocycles. The van der Waals surface area contributed by atoms with E-state index in [2.05, 4.69) is 10.0 Å². The Hall–Kier alpha value is -2.09. The number of carbonyl (C=O) groups is 1. The molecule has 1 aliphatic carbocycles. The van der Waals surface area contributed by atoms with Gasteiger partial charge in [-0.15, -0.1) is 0 Å². The first kappa shape index (κ1) is 22.6. The van der Waals surface area contributed by atoms with Crippen LogP contribution >= 0.6 is 11.6 Å². The fourth-order valence-corrected chi connectivity index (χ4v) is 5.09. The number of fused-ring (bicyclic) bond motifs is 1. The van der Waals surface area contributed by atoms with Crippen LogP contribution in [0.4, 0.5) is 0 Å². The molecule has 0 spiro atoms. The Balaban J connectivity index is 1.76. The van der Waals surface area contributed by atoms with Crippen LogP contribution in [0.25, 0.3) is 0 Å². The van der Waals surface area contributed by atoms with Gasteiger partial charge in [-0.1, -0.05) is 31.5 Å². The van der Waals surface area contributed by atoms with Crippen molar-refractivity contribution in [3.8, 4) is 5.75 Å². The number of hydrogen-bond acceptors (Lipinski definition) is 4. The largest absolute Gasteiger partial charge is 0.497 e. The normalized spacial score (nSPS) is 15.8. The molecule has 0 radical (unpaired) electrons. The zero-order valence-electron chi connectivity index (χ0n) is 17.4. The summed E-state index contributed by atoms with van der Waals surface area (Å²) < 4.78 is 33.1. The molecule has 30 heavy (non-hydrogen) atoms. The molecular formula is C22H27ClN2O4S. The Kier molecular flexibility index (Phi) is 7.06. The molecule has 0 heterocycles. The monoisotopic (exact) mass is 450 g/mol. The van der Waals surface area contributed by atoms with E-state index in [1.807, 2.05) is 32.0 Å². The molecule has 2 aromatic rings. The summed E-state index contributed by atoms with van der Waals surface area (Å²) in [6.07, 6.45) is 2.34. The average molecular weight is 451 g/mol. The molecule has 0 saturated heterocycles. The van der Waals surface area contributed by atoms with Gasteiger partial charge in [0.05, 0.1) is 18.2 Å². The number of aryl methyl sites for hydroxylation is 1. The van der Waals surface area contributed by atoms with Crippen molar-refractivity contribution < 1.29 is 17.9 Å². The van der Waals surface area contributed by atoms with E-state index in [0.717, 1.165) is 29.7 Å². The SMILES string of the molecule is COc1ccc2c(c1)CCC2NC(=O)c1ccc(Cl)c(S(=O)(=O)NCCC(C)C)c1. The number of hydrogen-bond donors (Lipinski definition) is 2. The van der Waals surface area contributed by atoms with Crippen molar-refractivity contribution in [1.29, 1.82) is 0 Å². The van der Waals surface area contributed by atoms with E-state index in [9.17, 15) is 13.2 Å². The number of halogens is 1. The molecule has 1 amide bonds. The van der Waals surface area contributed by atoms with Crippen LogP contribution in [0, 0.1) is 5.92 Å². The first-order chi connectivity index (χ1) is 14.2. The van der Waals surface area contributed by atoms with Crippen LogP contribution < -0.4 is 14.8 Å². The first-order valence-electron chi connectivity index (χ1n) is 9.98. The number of nitrogens with one attached hydrogen (secondary N) is 2. The van der Waals surface area contributed by atoms with Gasteiger partial charge in [-0.05, 0) is 66.6 Å². The van der Waals surface area contributed by atoms with Crippen molar-refractivity contribution >= 4 is 27.5 Å². The second-order valence-electron chi connectivity index (χ2n) is 7.85. The summed E-state index contributed by atoms with van der Waals surface area (Å²) in [6.45, 7) is 4.35. The van der Waals surface area contributed by atoms with Gasteiger partial charge >= 0.3 is 0 Å². The lowest BCUT2D eigenvalue weighted by Gasteiger charge is -2.16. The third-order valence-electron chi connectivity index (χ3n) is 5.23. The Morgan fingerprint density at radius 1 is 1.23 bits per heavy atom. The number of methoxy groups -OCH3 is 1. The molecule has 1 aliphatic rings. The summed E-state index contributed by atoms with van der Waals surface area (Å²) in [6, 6.07) is 10.0. The van der Waals surface area contributed by atoms with Gasteiger partial charge in [-0.25, -0.2) is 13.1 Å². The predicted molar refractivity (Wildman–Crippen MR) is 118 cm³/mol. The number of amides is 1. The molecule has 0 saturated carbocycles. The van der Waals surface area contributed by atoms with Gasteiger partial charge in [0.2, 0.25) is 10.0 Å². The van der Waals surface area contributed by atoms with E-state index >= 15 is 0 Å². The minimum atomic E-state index is -3.80. The maximum atomic E-state index is 12.8. The number of benzene rings is 2. The summed E-state index contributed by atoms with van der Waals surface area (Å²) in [4.78, 5) is 12.7. The van der Waals surface area contributed by atoms with Gasteiger partial charge in [-0.2, -0.15) is 0 Å². The third-order valence-corrected chi connectivity index (χ3v) is 7.17. The number of sulfonamides is 1. The Bertz CT molecular complexity index is 1040. The standard InChI is InChI=1S/C22H27ClN2O4S/c1-14(2)10-11-24-30(27,28)21-13-16(4-8-19(21)23)22(26)25-20-9-5-15-12-17(29-3)6-7-18(15)20/h4,6-8,12-14,20,24H,5,9-11H2,1-3H3,(H,25,26). The molecule has 0 bridgehead atoms. The zero-order valence-corrected chi connectivity index (χ0v) is 18.9. The minimum Gasteiger partial charge on any atom is -0.497 e. The van der Waals surface area contributed by atoms with Crippen LogP contribution in [0.1, 0.15) is 54.2 Å². The van der Waals surface area contributed by atoms with Gasteiger partial charge in [0.15, 0.2) is 0 Å². The summed E-state index contributed by atoms with van der Waals surface area (Å²) in [5.41, 5.74) is 2.46. The topological polar surface area (TPSA) is 84.5 Å². The molecule has 1 unspecified atom stereocenters. The molecule has 8 heteroatoms. The number of ether oxygens (including phenoxy) is 1. The fraction of sp³-hybridized carbons (Fsp3) is 0.409. The molecule has 162 valence electrons. The highest BCUT2D eigenvalue weighted by atomic mass is 35.5. The second-order valence-corrected chi connectivity index (χ2v) is 10.00. The first-order valence-corrected chi connectivity index (χ1v) is 11.8. The lowest BCUT2D eigenvalue weighted by molar-refractivity contribution is 0.0936. The van der Waals surface area contributed by atoms with Crippen molar-refractivity contribution in [1.82, 2.24) is 10.0 Å². The molecule has 1 atom stereocenters. The van der Waals surface area contributed by atoms with Crippen LogP contribution in [-0.4, -0.2) is 28.0 Å². The van der Waals surface area contributed by atoms with E-state index in [1.54, 1.807) is 7.11 Å². The van der Waals surface area contributed by atoms with Gasteiger partial charge < -0.3 is 10.1 Å². The van der Waals surface area contributed by atoms with E-state index in [1.165, 1.54) is 18.2 Å². The highest BCUT2D eigenvalue weighted by Gasteiger charge is 2.26. The lowest BCUT2D eigenvalue weighted by atomic mass is 10.1. The van der Waals surface area contributed by atoms with Crippen LogP contribution in [-0.2, 0) is 16.4 Å². The highest BCUT2D eigenvalue weighted by molar-refractivity contribution is 7.89. The quantitative estimate of drug-likeness (QED) is 0.634. The molecular weight excluding hydrogens is 424 g/mol. The van der Waals surface area contributed by atoms with Crippen LogP contribution in [0.5, 0.6) is 5.75 Å². The number of carbonyl (C=O) groups excluding carboxylic acids is 1. The molecule has 0 aliphatic heterocycles. The van der Waals surface area contributed by atoms with Crippen LogP contribution in [0.2, 0.25) is 5.02 Å². The van der Waals surface area contributed by atoms with Gasteiger partial charge in [0.1, 0.15) is 10.6 Å². The summed E-state index contributed by atoms with van der Waals surface area (Å²) in [7, 11) is -2.18. The van der Waals surface area contributed by atoms with Crippen LogP contribution in [0.15, 0.2) is 41.3 Å². The summed E-state index contributed by atoms with van der Waals surface area (Å²) >= 11 is 6.13. The zero-order chi connectivity index (χ0) is 21.9. The number of rotatable bonds is 8. The van der Waals surface area contributed by atoms with Crippen molar-refractivity contribution in [3.05, 3.63) is 58.1 Å². The summed E-state index contributed by atoms with van der Waals surface area (Å²) in [5.74, 6) is 0.826. The smallest absolute Gasteiger partial charge is 0.251 e. The molecule has 2 N–H and O–H groups in total. The minimum absolute atomic E-state index is 0.0851. The Labute approximate surface area is 183 Å². The van der Waals surface area contributed by atoms with Crippen molar-refractivity contribution in [2.75, 3.05) is 13.7 Å². The second kappa shape index (κ2) is 9.37. The Morgan fingerprint density at radius 2 is 2.00 bits per heavy atom. The third kappa shape index (κ3) is 5.14. The molecule has 3 rings (SSSR count). The van der Waals surface area contributed by atoms with Gasteiger partial charge in [0.25, 0.3) is 5.91 Å². The summed E-state index contributed by atoms with van der Waals surface area (Å²) in [5, 5.41) is 3.09. The maximum Gasteiger partial charge on any atom is 0.251 e. The highest BCUT2D eigenvalue weighted by Crippen LogP contribution is 2.34. The van der Waals surface area contributed by atoms with E-state index in [-0.39, 0.29) is 27.4 Å². The van der Waals surface area contributed by atoms with Crippen molar-refractivity contribution in [2.24, 2.45) is 5.92 Å².